The lowest BCUT2D eigenvalue weighted by Crippen LogP contribution is -2.41. The van der Waals surface area contributed by atoms with E-state index in [-0.39, 0.29) is 36.6 Å². The van der Waals surface area contributed by atoms with Crippen molar-refractivity contribution in [2.45, 2.75) is 62.7 Å². The van der Waals surface area contributed by atoms with E-state index in [1.54, 1.807) is 26.0 Å². The second-order valence-electron chi connectivity index (χ2n) is 10.7. The predicted molar refractivity (Wildman–Crippen MR) is 148 cm³/mol. The zero-order valence-electron chi connectivity index (χ0n) is 23.7. The molecule has 0 saturated carbocycles. The summed E-state index contributed by atoms with van der Waals surface area (Å²) in [5.74, 6) is 0.229. The molecule has 2 aliphatic heterocycles. The highest BCUT2D eigenvalue weighted by atomic mass is 32.2. The number of rotatable bonds is 11. The van der Waals surface area contributed by atoms with Crippen molar-refractivity contribution >= 4 is 15.9 Å². The summed E-state index contributed by atoms with van der Waals surface area (Å²) in [5, 5.41) is 2.85. The van der Waals surface area contributed by atoms with E-state index in [4.69, 9.17) is 9.47 Å². The minimum atomic E-state index is -4.41. The maximum atomic E-state index is 13.6. The van der Waals surface area contributed by atoms with Crippen LogP contribution in [0.5, 0.6) is 5.75 Å². The van der Waals surface area contributed by atoms with Gasteiger partial charge in [0.2, 0.25) is 15.9 Å². The number of benzene rings is 2. The van der Waals surface area contributed by atoms with Crippen LogP contribution >= 0.6 is 0 Å². The van der Waals surface area contributed by atoms with Crippen LogP contribution in [0.1, 0.15) is 54.0 Å². The SMILES string of the molecule is COc1cc(C)c(S(=O)(=O)N2CCCC2COCC(=O)NCC(c2ccc(C(F)(F)F)cc2)N2CCCC2)c(C)c1. The van der Waals surface area contributed by atoms with Crippen molar-refractivity contribution in [3.05, 3.63) is 58.7 Å². The van der Waals surface area contributed by atoms with Crippen LogP contribution in [-0.4, -0.2) is 76.1 Å². The summed E-state index contributed by atoms with van der Waals surface area (Å²) >= 11 is 0. The fourth-order valence-electron chi connectivity index (χ4n) is 5.80. The number of ether oxygens (including phenoxy) is 2. The number of hydrogen-bond acceptors (Lipinski definition) is 6. The first-order valence-corrected chi connectivity index (χ1v) is 15.3. The number of methoxy groups -OCH3 is 1. The maximum Gasteiger partial charge on any atom is 0.416 e. The number of sulfonamides is 1. The molecule has 2 heterocycles. The Kier molecular flexibility index (Phi) is 9.99. The molecule has 8 nitrogen and oxygen atoms in total. The quantitative estimate of drug-likeness (QED) is 0.412. The number of nitrogens with one attached hydrogen (secondary N) is 1. The van der Waals surface area contributed by atoms with Crippen LogP contribution in [0.4, 0.5) is 13.2 Å². The Morgan fingerprint density at radius 3 is 2.27 bits per heavy atom. The lowest BCUT2D eigenvalue weighted by atomic mass is 10.0. The molecule has 2 fully saturated rings. The Balaban J connectivity index is 1.34. The van der Waals surface area contributed by atoms with Crippen LogP contribution in [-0.2, 0) is 25.7 Å². The van der Waals surface area contributed by atoms with Gasteiger partial charge in [0.25, 0.3) is 0 Å². The van der Waals surface area contributed by atoms with Crippen molar-refractivity contribution in [3.63, 3.8) is 0 Å². The summed E-state index contributed by atoms with van der Waals surface area (Å²) in [6, 6.07) is 7.83. The second-order valence-corrected chi connectivity index (χ2v) is 12.5. The first-order chi connectivity index (χ1) is 19.4. The highest BCUT2D eigenvalue weighted by Gasteiger charge is 2.37. The van der Waals surface area contributed by atoms with E-state index in [1.807, 2.05) is 0 Å². The zero-order valence-corrected chi connectivity index (χ0v) is 24.5. The van der Waals surface area contributed by atoms with Gasteiger partial charge in [-0.2, -0.15) is 17.5 Å². The predicted octanol–water partition coefficient (Wildman–Crippen LogP) is 4.45. The first kappa shape index (κ1) is 31.3. The maximum absolute atomic E-state index is 13.6. The molecule has 0 aromatic heterocycles. The van der Waals surface area contributed by atoms with Crippen LogP contribution in [0.2, 0.25) is 0 Å². The third kappa shape index (κ3) is 7.40. The molecule has 0 aliphatic carbocycles. The van der Waals surface area contributed by atoms with Crippen molar-refractivity contribution in [2.24, 2.45) is 0 Å². The number of hydrogen-bond donors (Lipinski definition) is 1. The van der Waals surface area contributed by atoms with Gasteiger partial charge in [-0.05, 0) is 93.6 Å². The highest BCUT2D eigenvalue weighted by molar-refractivity contribution is 7.89. The molecule has 2 unspecified atom stereocenters. The molecule has 2 aromatic carbocycles. The third-order valence-electron chi connectivity index (χ3n) is 7.80. The molecule has 2 aromatic rings. The molecule has 12 heteroatoms. The average molecular weight is 598 g/mol. The van der Waals surface area contributed by atoms with Crippen molar-refractivity contribution in [1.29, 1.82) is 0 Å². The normalized spacial score (nSPS) is 19.4. The standard InChI is InChI=1S/C29H38F3N3O5S/c1-20-15-25(39-3)16-21(2)28(20)41(37,38)35-14-6-7-24(35)18-40-19-27(36)33-17-26(34-12-4-5-13-34)22-8-10-23(11-9-22)29(30,31)32/h8-11,15-16,24,26H,4-7,12-14,17-19H2,1-3H3,(H,33,36). The smallest absolute Gasteiger partial charge is 0.416 e. The van der Waals surface area contributed by atoms with Gasteiger partial charge in [0.05, 0.1) is 30.2 Å². The Labute approximate surface area is 239 Å². The number of alkyl halides is 3. The molecule has 2 aliphatic rings. The molecular weight excluding hydrogens is 559 g/mol. The van der Waals surface area contributed by atoms with Gasteiger partial charge in [0, 0.05) is 19.1 Å². The number of amides is 1. The van der Waals surface area contributed by atoms with E-state index in [2.05, 4.69) is 10.2 Å². The lowest BCUT2D eigenvalue weighted by molar-refractivity contribution is -0.137. The molecule has 0 bridgehead atoms. The Hall–Kier alpha value is -2.67. The minimum absolute atomic E-state index is 0.0787. The van der Waals surface area contributed by atoms with Crippen molar-refractivity contribution in [2.75, 3.05) is 46.5 Å². The summed E-state index contributed by atoms with van der Waals surface area (Å²) < 4.78 is 78.6. The molecule has 2 saturated heterocycles. The molecule has 4 rings (SSSR count). The molecule has 0 radical (unpaired) electrons. The molecule has 1 amide bonds. The molecule has 41 heavy (non-hydrogen) atoms. The van der Waals surface area contributed by atoms with Crippen LogP contribution in [0, 0.1) is 13.8 Å². The van der Waals surface area contributed by atoms with Gasteiger partial charge in [-0.1, -0.05) is 12.1 Å². The molecular formula is C29H38F3N3O5S. The van der Waals surface area contributed by atoms with Gasteiger partial charge in [-0.25, -0.2) is 8.42 Å². The van der Waals surface area contributed by atoms with E-state index in [9.17, 15) is 26.4 Å². The summed E-state index contributed by atoms with van der Waals surface area (Å²) in [6.45, 7) is 5.53. The van der Waals surface area contributed by atoms with Gasteiger partial charge in [0.1, 0.15) is 12.4 Å². The fraction of sp³-hybridized carbons (Fsp3) is 0.552. The number of likely N-dealkylation sites (tertiary alicyclic amines) is 1. The molecule has 1 N–H and O–H groups in total. The monoisotopic (exact) mass is 597 g/mol. The Morgan fingerprint density at radius 1 is 1.05 bits per heavy atom. The van der Waals surface area contributed by atoms with E-state index in [1.165, 1.54) is 23.5 Å². The van der Waals surface area contributed by atoms with Gasteiger partial charge in [-0.3, -0.25) is 9.69 Å². The Morgan fingerprint density at radius 2 is 1.68 bits per heavy atom. The van der Waals surface area contributed by atoms with Crippen LogP contribution < -0.4 is 10.1 Å². The first-order valence-electron chi connectivity index (χ1n) is 13.8. The average Bonchev–Trinajstić information content (AvgIpc) is 3.61. The second kappa shape index (κ2) is 13.1. The summed E-state index contributed by atoms with van der Waals surface area (Å²) in [5.41, 5.74) is 1.21. The van der Waals surface area contributed by atoms with Crippen molar-refractivity contribution < 1.29 is 35.9 Å². The number of halogens is 3. The number of nitrogens with zero attached hydrogens (tertiary/aromatic N) is 2. The van der Waals surface area contributed by atoms with Crippen molar-refractivity contribution in [1.82, 2.24) is 14.5 Å². The third-order valence-corrected chi connectivity index (χ3v) is 10.1. The van der Waals surface area contributed by atoms with Gasteiger partial charge in [0.15, 0.2) is 0 Å². The lowest BCUT2D eigenvalue weighted by Gasteiger charge is -2.28. The summed E-state index contributed by atoms with van der Waals surface area (Å²) in [4.78, 5) is 15.1. The number of carbonyl (C=O) groups excluding carboxylic acids is 1. The van der Waals surface area contributed by atoms with E-state index in [0.717, 1.165) is 38.1 Å². The van der Waals surface area contributed by atoms with Crippen molar-refractivity contribution in [3.8, 4) is 5.75 Å². The molecule has 2 atom stereocenters. The van der Waals surface area contributed by atoms with E-state index in [0.29, 0.717) is 41.8 Å². The van der Waals surface area contributed by atoms with Gasteiger partial charge < -0.3 is 14.8 Å². The van der Waals surface area contributed by atoms with E-state index >= 15 is 0 Å². The Bertz CT molecular complexity index is 1290. The highest BCUT2D eigenvalue weighted by Crippen LogP contribution is 2.33. The van der Waals surface area contributed by atoms with Gasteiger partial charge in [-0.15, -0.1) is 0 Å². The molecule has 226 valence electrons. The zero-order chi connectivity index (χ0) is 29.8. The summed E-state index contributed by atoms with van der Waals surface area (Å²) in [6.07, 6.45) is -1.11. The largest absolute Gasteiger partial charge is 0.497 e. The van der Waals surface area contributed by atoms with Gasteiger partial charge >= 0.3 is 6.18 Å². The number of aryl methyl sites for hydroxylation is 2. The summed E-state index contributed by atoms with van der Waals surface area (Å²) in [7, 11) is -2.24. The fourth-order valence-corrected chi connectivity index (χ4v) is 7.89. The van der Waals surface area contributed by atoms with Crippen LogP contribution in [0.3, 0.4) is 0 Å². The minimum Gasteiger partial charge on any atom is -0.497 e. The topological polar surface area (TPSA) is 88.2 Å². The number of carbonyl (C=O) groups is 1. The van der Waals surface area contributed by atoms with Crippen LogP contribution in [0.15, 0.2) is 41.3 Å². The van der Waals surface area contributed by atoms with Crippen LogP contribution in [0.25, 0.3) is 0 Å². The van der Waals surface area contributed by atoms with E-state index < -0.39 is 27.8 Å². The molecule has 0 spiro atoms.